The van der Waals surface area contributed by atoms with E-state index < -0.39 is 5.82 Å². The number of carbonyl (C=O) groups is 1. The Hall–Kier alpha value is -3.63. The molecule has 2 aromatic carbocycles. The van der Waals surface area contributed by atoms with Crippen LogP contribution in [0, 0.1) is 10.9 Å². The first-order chi connectivity index (χ1) is 17.9. The summed E-state index contributed by atoms with van der Waals surface area (Å²) in [7, 11) is 2.07. The van der Waals surface area contributed by atoms with Crippen molar-refractivity contribution in [1.82, 2.24) is 20.2 Å². The van der Waals surface area contributed by atoms with E-state index in [1.807, 2.05) is 0 Å². The molecule has 10 heteroatoms. The van der Waals surface area contributed by atoms with E-state index in [9.17, 15) is 9.18 Å². The minimum absolute atomic E-state index is 0.184. The van der Waals surface area contributed by atoms with Crippen molar-refractivity contribution in [3.63, 3.8) is 0 Å². The van der Waals surface area contributed by atoms with Crippen molar-refractivity contribution in [3.8, 4) is 17.1 Å². The third-order valence-corrected chi connectivity index (χ3v) is 7.52. The second kappa shape index (κ2) is 10.8. The first kappa shape index (κ1) is 25.0. The van der Waals surface area contributed by atoms with Gasteiger partial charge >= 0.3 is 6.01 Å². The summed E-state index contributed by atoms with van der Waals surface area (Å²) in [5, 5.41) is 6.72. The number of hydrogen-bond acceptors (Lipinski definition) is 7. The van der Waals surface area contributed by atoms with E-state index in [1.165, 1.54) is 18.2 Å². The summed E-state index contributed by atoms with van der Waals surface area (Å²) in [5.41, 5.74) is 1.42. The number of nitrogens with one attached hydrogen (secondary N) is 2. The Morgan fingerprint density at radius 2 is 2.11 bits per heavy atom. The molecule has 1 saturated heterocycles. The molecule has 1 fully saturated rings. The van der Waals surface area contributed by atoms with Crippen LogP contribution in [0.5, 0.6) is 6.01 Å². The van der Waals surface area contributed by atoms with Gasteiger partial charge in [0.05, 0.1) is 5.52 Å². The number of fused-ring (bicyclic) bond motifs is 2. The number of likely N-dealkylation sites (N-methyl/N-ethyl adjacent to an activating group) is 1. The number of thiophene rings is 1. The maximum Gasteiger partial charge on any atom is 0.318 e. The number of aromatic nitrogens is 2. The minimum Gasteiger partial charge on any atom is -0.462 e. The van der Waals surface area contributed by atoms with Gasteiger partial charge in [0.25, 0.3) is 0 Å². The van der Waals surface area contributed by atoms with Gasteiger partial charge in [0, 0.05) is 40.3 Å². The summed E-state index contributed by atoms with van der Waals surface area (Å²) in [4.78, 5) is 22.8. The van der Waals surface area contributed by atoms with Crippen molar-refractivity contribution in [3.05, 3.63) is 60.0 Å². The van der Waals surface area contributed by atoms with Gasteiger partial charge in [0.1, 0.15) is 18.2 Å². The van der Waals surface area contributed by atoms with Crippen LogP contribution in [0.1, 0.15) is 12.8 Å². The molecular weight excluding hydrogens is 496 g/mol. The Morgan fingerprint density at radius 1 is 1.24 bits per heavy atom. The molecule has 0 spiro atoms. The summed E-state index contributed by atoms with van der Waals surface area (Å²) >= 11 is 0.985. The fourth-order valence-corrected chi connectivity index (χ4v) is 5.49. The topological polar surface area (TPSA) is 79.4 Å². The standard InChI is InChI=1S/C27H27F2N5O2S/c1-3-24(35)30-9-10-31-26-20-13-21(28)19(18-8-4-6-16-12-23(29)37-25(16)18)14-22(20)32-27(33-26)36-15-17-7-5-11-34(17)2/h3-4,6,8,12-14,17H,1,5,7,9-11,15H2,2H3,(H,30,35)(H,31,32,33)/t17-/m0/s1. The molecule has 4 aromatic rings. The molecule has 0 aliphatic carbocycles. The number of amides is 1. The van der Waals surface area contributed by atoms with Crippen molar-refractivity contribution in [2.75, 3.05) is 38.6 Å². The van der Waals surface area contributed by atoms with Gasteiger partial charge in [0.2, 0.25) is 5.91 Å². The lowest BCUT2D eigenvalue weighted by molar-refractivity contribution is -0.116. The molecule has 3 heterocycles. The van der Waals surface area contributed by atoms with Crippen LogP contribution < -0.4 is 15.4 Å². The van der Waals surface area contributed by atoms with Crippen LogP contribution >= 0.6 is 11.3 Å². The smallest absolute Gasteiger partial charge is 0.318 e. The van der Waals surface area contributed by atoms with Gasteiger partial charge in [0.15, 0.2) is 5.13 Å². The Labute approximate surface area is 217 Å². The summed E-state index contributed by atoms with van der Waals surface area (Å²) in [5.74, 6) is -0.353. The lowest BCUT2D eigenvalue weighted by Gasteiger charge is -2.19. The van der Waals surface area contributed by atoms with Gasteiger partial charge in [-0.2, -0.15) is 14.4 Å². The molecule has 2 aromatic heterocycles. The molecule has 192 valence electrons. The van der Waals surface area contributed by atoms with E-state index in [0.717, 1.165) is 36.1 Å². The number of anilines is 1. The molecule has 1 aliphatic rings. The molecule has 0 radical (unpaired) electrons. The zero-order valence-electron chi connectivity index (χ0n) is 20.4. The molecule has 37 heavy (non-hydrogen) atoms. The SMILES string of the molecule is C=CC(=O)NCCNc1nc(OC[C@@H]2CCCN2C)nc2cc(-c3cccc4cc(F)sc34)c(F)cc12. The number of halogens is 2. The van der Waals surface area contributed by atoms with Crippen LogP contribution in [0.3, 0.4) is 0 Å². The average Bonchev–Trinajstić information content (AvgIpc) is 3.48. The lowest BCUT2D eigenvalue weighted by Crippen LogP contribution is -2.31. The number of hydrogen-bond donors (Lipinski definition) is 2. The summed E-state index contributed by atoms with van der Waals surface area (Å²) < 4.78 is 36.1. The number of likely N-dealkylation sites (tertiary alicyclic amines) is 1. The predicted molar refractivity (Wildman–Crippen MR) is 143 cm³/mol. The highest BCUT2D eigenvalue weighted by Gasteiger charge is 2.22. The normalized spacial score (nSPS) is 15.8. The van der Waals surface area contributed by atoms with E-state index in [2.05, 4.69) is 39.1 Å². The molecule has 0 unspecified atom stereocenters. The van der Waals surface area contributed by atoms with Gasteiger partial charge < -0.3 is 20.3 Å². The quantitative estimate of drug-likeness (QED) is 0.238. The van der Waals surface area contributed by atoms with Crippen LogP contribution in [0.4, 0.5) is 14.6 Å². The van der Waals surface area contributed by atoms with Gasteiger partial charge in [-0.1, -0.05) is 24.8 Å². The van der Waals surface area contributed by atoms with Gasteiger partial charge in [-0.25, -0.2) is 4.39 Å². The van der Waals surface area contributed by atoms with Crippen molar-refractivity contribution >= 4 is 44.1 Å². The van der Waals surface area contributed by atoms with E-state index in [4.69, 9.17) is 4.74 Å². The largest absolute Gasteiger partial charge is 0.462 e. The summed E-state index contributed by atoms with van der Waals surface area (Å²) in [6.07, 6.45) is 3.35. The minimum atomic E-state index is -0.471. The second-order valence-electron chi connectivity index (χ2n) is 8.99. The van der Waals surface area contributed by atoms with Crippen LogP contribution in [0.25, 0.3) is 32.1 Å². The van der Waals surface area contributed by atoms with Crippen LogP contribution in [-0.4, -0.2) is 60.1 Å². The average molecular weight is 524 g/mol. The molecule has 1 atom stereocenters. The monoisotopic (exact) mass is 523 g/mol. The van der Waals surface area contributed by atoms with E-state index >= 15 is 4.39 Å². The Kier molecular flexibility index (Phi) is 7.29. The highest BCUT2D eigenvalue weighted by Crippen LogP contribution is 2.37. The molecule has 0 saturated carbocycles. The fraction of sp³-hybridized carbons (Fsp3) is 0.296. The van der Waals surface area contributed by atoms with Crippen LogP contribution in [-0.2, 0) is 4.79 Å². The number of carbonyl (C=O) groups excluding carboxylic acids is 1. The number of benzene rings is 2. The van der Waals surface area contributed by atoms with Gasteiger partial charge in [-0.3, -0.25) is 4.79 Å². The maximum atomic E-state index is 15.5. The van der Waals surface area contributed by atoms with E-state index in [0.29, 0.717) is 52.2 Å². The van der Waals surface area contributed by atoms with Crippen molar-refractivity contribution < 1.29 is 18.3 Å². The number of rotatable bonds is 9. The second-order valence-corrected chi connectivity index (χ2v) is 9.99. The molecule has 1 aliphatic heterocycles. The zero-order valence-corrected chi connectivity index (χ0v) is 21.2. The highest BCUT2D eigenvalue weighted by molar-refractivity contribution is 7.18. The van der Waals surface area contributed by atoms with E-state index in [-0.39, 0.29) is 23.1 Å². The maximum absolute atomic E-state index is 15.5. The molecule has 5 rings (SSSR count). The van der Waals surface area contributed by atoms with Crippen molar-refractivity contribution in [2.24, 2.45) is 0 Å². The summed E-state index contributed by atoms with van der Waals surface area (Å²) in [6.45, 7) is 5.58. The molecule has 7 nitrogen and oxygen atoms in total. The van der Waals surface area contributed by atoms with Crippen LogP contribution in [0.15, 0.2) is 49.1 Å². The van der Waals surface area contributed by atoms with Gasteiger partial charge in [-0.05, 0) is 56.1 Å². The van der Waals surface area contributed by atoms with Crippen molar-refractivity contribution in [2.45, 2.75) is 18.9 Å². The van der Waals surface area contributed by atoms with Gasteiger partial charge in [-0.15, -0.1) is 11.3 Å². The lowest BCUT2D eigenvalue weighted by atomic mass is 10.0. The zero-order chi connectivity index (χ0) is 25.9. The number of nitrogens with zero attached hydrogens (tertiary/aromatic N) is 3. The van der Waals surface area contributed by atoms with Crippen molar-refractivity contribution in [1.29, 1.82) is 0 Å². The number of ether oxygens (including phenoxy) is 1. The molecule has 2 N–H and O–H groups in total. The molecule has 1 amide bonds. The first-order valence-corrected chi connectivity index (χ1v) is 12.9. The summed E-state index contributed by atoms with van der Waals surface area (Å²) in [6, 6.07) is 10.3. The molecule has 0 bridgehead atoms. The third kappa shape index (κ3) is 5.40. The Balaban J connectivity index is 1.51. The third-order valence-electron chi connectivity index (χ3n) is 6.55. The Morgan fingerprint density at radius 3 is 2.89 bits per heavy atom. The van der Waals surface area contributed by atoms with E-state index in [1.54, 1.807) is 24.3 Å². The Bertz CT molecular complexity index is 1470. The van der Waals surface area contributed by atoms with Crippen LogP contribution in [0.2, 0.25) is 0 Å². The highest BCUT2D eigenvalue weighted by atomic mass is 32.1. The molecular formula is C27H27F2N5O2S. The first-order valence-electron chi connectivity index (χ1n) is 12.1. The fourth-order valence-electron chi connectivity index (χ4n) is 4.58. The predicted octanol–water partition coefficient (Wildman–Crippen LogP) is 4.98.